The highest BCUT2D eigenvalue weighted by molar-refractivity contribution is 7.99. The fourth-order valence-electron chi connectivity index (χ4n) is 3.01. The molecular formula is C19H22N4O3S. The average molecular weight is 386 g/mol. The van der Waals surface area contributed by atoms with Gasteiger partial charge in [-0.3, -0.25) is 14.4 Å². The molecule has 2 aromatic rings. The summed E-state index contributed by atoms with van der Waals surface area (Å²) in [6, 6.07) is 7.49. The molecule has 1 aliphatic rings. The Kier molecular flexibility index (Phi) is 5.95. The number of thioether (sulfide) groups is 1. The summed E-state index contributed by atoms with van der Waals surface area (Å²) in [6.45, 7) is 4.03. The molecule has 1 atom stereocenters. The van der Waals surface area contributed by atoms with Gasteiger partial charge in [-0.15, -0.1) is 0 Å². The van der Waals surface area contributed by atoms with Gasteiger partial charge >= 0.3 is 0 Å². The van der Waals surface area contributed by atoms with E-state index in [1.165, 1.54) is 11.8 Å². The van der Waals surface area contributed by atoms with Crippen molar-refractivity contribution in [3.63, 3.8) is 0 Å². The highest BCUT2D eigenvalue weighted by atomic mass is 32.2. The summed E-state index contributed by atoms with van der Waals surface area (Å²) in [7, 11) is 0. The Morgan fingerprint density at radius 1 is 1.30 bits per heavy atom. The molecule has 2 amide bonds. The molecule has 0 spiro atoms. The summed E-state index contributed by atoms with van der Waals surface area (Å²) in [5, 5.41) is 5.93. The average Bonchev–Trinajstić information content (AvgIpc) is 2.65. The van der Waals surface area contributed by atoms with Gasteiger partial charge in [0, 0.05) is 17.9 Å². The lowest BCUT2D eigenvalue weighted by Crippen LogP contribution is -2.36. The first-order valence-electron chi connectivity index (χ1n) is 8.99. The number of hydrogen-bond donors (Lipinski definition) is 3. The van der Waals surface area contributed by atoms with Crippen LogP contribution < -0.4 is 16.2 Å². The van der Waals surface area contributed by atoms with Crippen LogP contribution in [0.1, 0.15) is 43.7 Å². The molecule has 142 valence electrons. The fraction of sp³-hybridized carbons (Fsp3) is 0.368. The molecule has 27 heavy (non-hydrogen) atoms. The van der Waals surface area contributed by atoms with E-state index in [0.717, 1.165) is 24.2 Å². The topological polar surface area (TPSA) is 104 Å². The molecule has 2 heterocycles. The molecule has 3 N–H and O–H groups in total. The second-order valence-corrected chi connectivity index (χ2v) is 7.37. The van der Waals surface area contributed by atoms with Crippen LogP contribution in [0.25, 0.3) is 0 Å². The quantitative estimate of drug-likeness (QED) is 0.523. The Morgan fingerprint density at radius 3 is 2.81 bits per heavy atom. The van der Waals surface area contributed by atoms with Crippen molar-refractivity contribution in [2.75, 3.05) is 16.4 Å². The molecule has 0 aliphatic carbocycles. The van der Waals surface area contributed by atoms with Crippen molar-refractivity contribution >= 4 is 35.1 Å². The Labute approximate surface area is 161 Å². The Bertz CT molecular complexity index is 925. The van der Waals surface area contributed by atoms with E-state index in [2.05, 4.69) is 20.6 Å². The summed E-state index contributed by atoms with van der Waals surface area (Å²) in [4.78, 5) is 44.6. The van der Waals surface area contributed by atoms with Gasteiger partial charge in [-0.05, 0) is 24.5 Å². The van der Waals surface area contributed by atoms with Gasteiger partial charge in [-0.2, -0.15) is 0 Å². The standard InChI is InChI=1S/C19H22N4O3S/c1-3-9-27-19-22-16-15(18(26)23-19)12(10-14(24)21-16)17(25)20-13-8-6-5-7-11(13)4-2/h5-8,12H,3-4,9-10H2,1-2H3,(H,20,25)(H2,21,22,23,24,26)/t12-/m1/s1. The number of fused-ring (bicyclic) bond motifs is 1. The molecule has 0 saturated heterocycles. The maximum Gasteiger partial charge on any atom is 0.257 e. The normalized spacial score (nSPS) is 15.8. The van der Waals surface area contributed by atoms with Gasteiger partial charge in [0.1, 0.15) is 5.82 Å². The molecule has 7 nitrogen and oxygen atoms in total. The van der Waals surface area contributed by atoms with Crippen LogP contribution in [0, 0.1) is 0 Å². The van der Waals surface area contributed by atoms with Crippen molar-refractivity contribution in [1.82, 2.24) is 9.97 Å². The molecule has 1 aliphatic heterocycles. The van der Waals surface area contributed by atoms with Crippen molar-refractivity contribution in [3.8, 4) is 0 Å². The first-order chi connectivity index (χ1) is 13.0. The van der Waals surface area contributed by atoms with E-state index in [0.29, 0.717) is 10.8 Å². The maximum absolute atomic E-state index is 12.9. The third-order valence-corrected chi connectivity index (χ3v) is 5.42. The number of para-hydroxylation sites is 1. The Balaban J connectivity index is 1.92. The minimum absolute atomic E-state index is 0.0840. The lowest BCUT2D eigenvalue weighted by molar-refractivity contribution is -0.123. The zero-order chi connectivity index (χ0) is 19.4. The number of nitrogens with one attached hydrogen (secondary N) is 3. The van der Waals surface area contributed by atoms with Gasteiger partial charge in [0.15, 0.2) is 5.16 Å². The first kappa shape index (κ1) is 19.2. The van der Waals surface area contributed by atoms with Crippen molar-refractivity contribution in [1.29, 1.82) is 0 Å². The monoisotopic (exact) mass is 386 g/mol. The second kappa shape index (κ2) is 8.39. The molecule has 8 heteroatoms. The Morgan fingerprint density at radius 2 is 2.07 bits per heavy atom. The molecule has 0 saturated carbocycles. The van der Waals surface area contributed by atoms with Gasteiger partial charge < -0.3 is 15.6 Å². The van der Waals surface area contributed by atoms with Crippen LogP contribution >= 0.6 is 11.8 Å². The van der Waals surface area contributed by atoms with Gasteiger partial charge in [-0.1, -0.05) is 43.8 Å². The molecule has 3 rings (SSSR count). The number of hydrogen-bond acceptors (Lipinski definition) is 5. The zero-order valence-electron chi connectivity index (χ0n) is 15.3. The fourth-order valence-corrected chi connectivity index (χ4v) is 3.73. The van der Waals surface area contributed by atoms with E-state index in [-0.39, 0.29) is 35.2 Å². The van der Waals surface area contributed by atoms with Gasteiger partial charge in [-0.25, -0.2) is 4.98 Å². The third kappa shape index (κ3) is 4.21. The van der Waals surface area contributed by atoms with E-state index >= 15 is 0 Å². The number of carbonyl (C=O) groups excluding carboxylic acids is 2. The van der Waals surface area contributed by atoms with Crippen LogP contribution in [0.3, 0.4) is 0 Å². The highest BCUT2D eigenvalue weighted by Crippen LogP contribution is 2.30. The van der Waals surface area contributed by atoms with Crippen molar-refractivity contribution < 1.29 is 9.59 Å². The zero-order valence-corrected chi connectivity index (χ0v) is 16.1. The predicted molar refractivity (Wildman–Crippen MR) is 106 cm³/mol. The van der Waals surface area contributed by atoms with E-state index in [1.54, 1.807) is 0 Å². The molecule has 1 aromatic heterocycles. The third-order valence-electron chi connectivity index (χ3n) is 4.34. The smallest absolute Gasteiger partial charge is 0.257 e. The molecule has 0 radical (unpaired) electrons. The molecule has 1 aromatic carbocycles. The lowest BCUT2D eigenvalue weighted by Gasteiger charge is -2.24. The van der Waals surface area contributed by atoms with Gasteiger partial charge in [0.05, 0.1) is 11.5 Å². The summed E-state index contributed by atoms with van der Waals surface area (Å²) in [5.74, 6) is -0.602. The van der Waals surface area contributed by atoms with Crippen molar-refractivity contribution in [2.45, 2.75) is 44.2 Å². The summed E-state index contributed by atoms with van der Waals surface area (Å²) >= 11 is 1.41. The molecule has 0 bridgehead atoms. The van der Waals surface area contributed by atoms with Crippen LogP contribution in [0.5, 0.6) is 0 Å². The number of rotatable bonds is 6. The van der Waals surface area contributed by atoms with Crippen molar-refractivity contribution in [2.24, 2.45) is 0 Å². The number of carbonyl (C=O) groups is 2. The van der Waals surface area contributed by atoms with Crippen LogP contribution in [0.2, 0.25) is 0 Å². The summed E-state index contributed by atoms with van der Waals surface area (Å²) < 4.78 is 0. The van der Waals surface area contributed by atoms with Gasteiger partial charge in [0.25, 0.3) is 5.56 Å². The van der Waals surface area contributed by atoms with Crippen LogP contribution in [-0.2, 0) is 16.0 Å². The molecular weight excluding hydrogens is 364 g/mol. The largest absolute Gasteiger partial charge is 0.325 e. The number of H-pyrrole nitrogens is 1. The lowest BCUT2D eigenvalue weighted by atomic mass is 9.92. The second-order valence-electron chi connectivity index (χ2n) is 6.29. The number of anilines is 2. The van der Waals surface area contributed by atoms with E-state index in [1.807, 2.05) is 38.1 Å². The van der Waals surface area contributed by atoms with E-state index < -0.39 is 5.92 Å². The number of aromatic nitrogens is 2. The predicted octanol–water partition coefficient (Wildman–Crippen LogP) is 2.90. The SMILES string of the molecule is CCCSc1nc2c(c(=O)[nH]1)[C@H](C(=O)Nc1ccccc1CC)CC(=O)N2. The van der Waals surface area contributed by atoms with Crippen molar-refractivity contribution in [3.05, 3.63) is 45.7 Å². The summed E-state index contributed by atoms with van der Waals surface area (Å²) in [6.07, 6.45) is 1.61. The van der Waals surface area contributed by atoms with Crippen LogP contribution in [0.15, 0.2) is 34.2 Å². The number of aromatic amines is 1. The first-order valence-corrected chi connectivity index (χ1v) is 9.97. The van der Waals surface area contributed by atoms with E-state index in [4.69, 9.17) is 0 Å². The summed E-state index contributed by atoms with van der Waals surface area (Å²) in [5.41, 5.74) is 1.51. The number of nitrogens with zero attached hydrogens (tertiary/aromatic N) is 1. The molecule has 0 fully saturated rings. The maximum atomic E-state index is 12.9. The van der Waals surface area contributed by atoms with Gasteiger partial charge in [0.2, 0.25) is 11.8 Å². The number of amides is 2. The van der Waals surface area contributed by atoms with E-state index in [9.17, 15) is 14.4 Å². The molecule has 0 unspecified atom stereocenters. The Hall–Kier alpha value is -2.61. The minimum atomic E-state index is -0.875. The highest BCUT2D eigenvalue weighted by Gasteiger charge is 2.34. The van der Waals surface area contributed by atoms with Crippen LogP contribution in [-0.4, -0.2) is 27.5 Å². The number of aryl methyl sites for hydroxylation is 1. The minimum Gasteiger partial charge on any atom is -0.325 e. The number of benzene rings is 1. The van der Waals surface area contributed by atoms with Crippen LogP contribution in [0.4, 0.5) is 11.5 Å².